The fraction of sp³-hybridized carbons (Fsp3) is 0.333. The maximum Gasteiger partial charge on any atom is 0.414 e. The first-order chi connectivity index (χ1) is 9.85. The standard InChI is InChI=1S/C10H13BrN4.C2H2O4/c1-7-8(11)3-4-10(13-7)15-6-5-9(12-2)14-15;3-1(4)2(5)6/h3-4H,5-6H2,1-2H3,(H,12,14);(H,3,4)(H,5,6). The summed E-state index contributed by atoms with van der Waals surface area (Å²) in [6, 6.07) is 3.98. The third-order valence-corrected chi connectivity index (χ3v) is 3.38. The van der Waals surface area contributed by atoms with E-state index in [1.165, 1.54) is 0 Å². The molecule has 0 fully saturated rings. The van der Waals surface area contributed by atoms with Crippen molar-refractivity contribution in [3.05, 3.63) is 22.3 Å². The Bertz CT molecular complexity index is 564. The van der Waals surface area contributed by atoms with Crippen LogP contribution in [-0.4, -0.2) is 46.6 Å². The van der Waals surface area contributed by atoms with Crippen molar-refractivity contribution in [1.29, 1.82) is 0 Å². The average Bonchev–Trinajstić information content (AvgIpc) is 2.91. The number of carbonyl (C=O) groups is 2. The number of nitrogens with zero attached hydrogens (tertiary/aromatic N) is 3. The number of halogens is 1. The van der Waals surface area contributed by atoms with Gasteiger partial charge in [-0.3, -0.25) is 0 Å². The number of hydrogen-bond donors (Lipinski definition) is 3. The van der Waals surface area contributed by atoms with Gasteiger partial charge in [0.1, 0.15) is 11.7 Å². The van der Waals surface area contributed by atoms with Gasteiger partial charge >= 0.3 is 11.9 Å². The smallest absolute Gasteiger partial charge is 0.414 e. The number of hydrogen-bond acceptors (Lipinski definition) is 6. The number of aromatic nitrogens is 1. The molecule has 0 aliphatic carbocycles. The first kappa shape index (κ1) is 16.9. The molecule has 0 radical (unpaired) electrons. The Morgan fingerprint density at radius 1 is 1.33 bits per heavy atom. The normalized spacial score (nSPS) is 13.1. The maximum atomic E-state index is 9.10. The molecule has 114 valence electrons. The molecule has 3 N–H and O–H groups in total. The van der Waals surface area contributed by atoms with Crippen LogP contribution in [0.25, 0.3) is 0 Å². The van der Waals surface area contributed by atoms with Crippen molar-refractivity contribution < 1.29 is 19.8 Å². The van der Waals surface area contributed by atoms with E-state index in [-0.39, 0.29) is 0 Å². The summed E-state index contributed by atoms with van der Waals surface area (Å²) >= 11 is 3.43. The molecule has 21 heavy (non-hydrogen) atoms. The summed E-state index contributed by atoms with van der Waals surface area (Å²) in [6.07, 6.45) is 0.952. The second-order valence-corrected chi connectivity index (χ2v) is 4.87. The zero-order chi connectivity index (χ0) is 16.0. The van der Waals surface area contributed by atoms with Gasteiger partial charge in [-0.1, -0.05) is 0 Å². The molecular formula is C12H15BrN4O4. The average molecular weight is 359 g/mol. The van der Waals surface area contributed by atoms with Gasteiger partial charge in [0.25, 0.3) is 0 Å². The zero-order valence-corrected chi connectivity index (χ0v) is 13.1. The third kappa shape index (κ3) is 5.03. The molecule has 0 saturated heterocycles. The van der Waals surface area contributed by atoms with E-state index < -0.39 is 11.9 Å². The summed E-state index contributed by atoms with van der Waals surface area (Å²) in [5.41, 5.74) is 0.987. The van der Waals surface area contributed by atoms with Crippen LogP contribution in [-0.2, 0) is 9.59 Å². The number of carboxylic acids is 2. The summed E-state index contributed by atoms with van der Waals surface area (Å²) in [6.45, 7) is 2.87. The van der Waals surface area contributed by atoms with E-state index in [9.17, 15) is 0 Å². The van der Waals surface area contributed by atoms with Crippen molar-refractivity contribution in [1.82, 2.24) is 10.3 Å². The molecule has 9 heteroatoms. The van der Waals surface area contributed by atoms with Crippen LogP contribution in [0.2, 0.25) is 0 Å². The largest absolute Gasteiger partial charge is 0.473 e. The van der Waals surface area contributed by atoms with Gasteiger partial charge in [0.2, 0.25) is 0 Å². The number of rotatable bonds is 1. The molecule has 1 aliphatic rings. The number of aliphatic carboxylic acids is 2. The van der Waals surface area contributed by atoms with Crippen LogP contribution in [0.5, 0.6) is 0 Å². The molecule has 1 aromatic rings. The van der Waals surface area contributed by atoms with Crippen molar-refractivity contribution in [3.8, 4) is 0 Å². The lowest BCUT2D eigenvalue weighted by Crippen LogP contribution is -2.15. The molecule has 2 heterocycles. The van der Waals surface area contributed by atoms with Crippen LogP contribution >= 0.6 is 15.9 Å². The highest BCUT2D eigenvalue weighted by Crippen LogP contribution is 2.21. The van der Waals surface area contributed by atoms with Gasteiger partial charge in [0.15, 0.2) is 0 Å². The van der Waals surface area contributed by atoms with Gasteiger partial charge in [0, 0.05) is 17.9 Å². The van der Waals surface area contributed by atoms with E-state index in [0.29, 0.717) is 0 Å². The van der Waals surface area contributed by atoms with Gasteiger partial charge < -0.3 is 15.5 Å². The second-order valence-electron chi connectivity index (χ2n) is 4.02. The Hall–Kier alpha value is -2.16. The summed E-state index contributed by atoms with van der Waals surface area (Å²) in [7, 11) is 1.89. The third-order valence-electron chi connectivity index (χ3n) is 2.54. The van der Waals surface area contributed by atoms with Crippen molar-refractivity contribution in [3.63, 3.8) is 0 Å². The predicted octanol–water partition coefficient (Wildman–Crippen LogP) is 1.05. The number of carboxylic acid groups (broad SMARTS) is 2. The number of anilines is 1. The van der Waals surface area contributed by atoms with Crippen molar-refractivity contribution >= 4 is 39.5 Å². The maximum absolute atomic E-state index is 9.10. The van der Waals surface area contributed by atoms with E-state index >= 15 is 0 Å². The number of aryl methyl sites for hydroxylation is 1. The molecule has 0 unspecified atom stereocenters. The number of amidine groups is 1. The van der Waals surface area contributed by atoms with Crippen LogP contribution in [0.4, 0.5) is 5.82 Å². The van der Waals surface area contributed by atoms with E-state index in [4.69, 9.17) is 19.8 Å². The molecule has 0 aromatic carbocycles. The fourth-order valence-electron chi connectivity index (χ4n) is 1.47. The molecular weight excluding hydrogens is 344 g/mol. The Morgan fingerprint density at radius 2 is 1.95 bits per heavy atom. The Labute approximate surface area is 129 Å². The number of pyridine rings is 1. The summed E-state index contributed by atoms with van der Waals surface area (Å²) < 4.78 is 1.03. The van der Waals surface area contributed by atoms with Gasteiger partial charge in [-0.05, 0) is 35.0 Å². The highest BCUT2D eigenvalue weighted by atomic mass is 79.9. The lowest BCUT2D eigenvalue weighted by molar-refractivity contribution is -0.159. The van der Waals surface area contributed by atoms with Crippen LogP contribution in [0.1, 0.15) is 12.1 Å². The molecule has 1 aromatic heterocycles. The van der Waals surface area contributed by atoms with Crippen molar-refractivity contribution in [2.75, 3.05) is 18.6 Å². The van der Waals surface area contributed by atoms with E-state index in [1.54, 1.807) is 0 Å². The minimum atomic E-state index is -1.82. The van der Waals surface area contributed by atoms with E-state index in [2.05, 4.69) is 31.3 Å². The van der Waals surface area contributed by atoms with Crippen LogP contribution in [0.15, 0.2) is 21.7 Å². The fourth-order valence-corrected chi connectivity index (χ4v) is 1.69. The van der Waals surface area contributed by atoms with Gasteiger partial charge in [-0.25, -0.2) is 19.6 Å². The molecule has 0 spiro atoms. The molecule has 1 aliphatic heterocycles. The Morgan fingerprint density at radius 3 is 2.38 bits per heavy atom. The summed E-state index contributed by atoms with van der Waals surface area (Å²) in [5, 5.41) is 24.2. The first-order valence-electron chi connectivity index (χ1n) is 5.97. The lowest BCUT2D eigenvalue weighted by atomic mass is 10.3. The molecule has 0 bridgehead atoms. The lowest BCUT2D eigenvalue weighted by Gasteiger charge is -2.12. The monoisotopic (exact) mass is 358 g/mol. The first-order valence-corrected chi connectivity index (χ1v) is 6.76. The predicted molar refractivity (Wildman–Crippen MR) is 80.4 cm³/mol. The Kier molecular flexibility index (Phi) is 6.10. The van der Waals surface area contributed by atoms with Crippen molar-refractivity contribution in [2.45, 2.75) is 13.3 Å². The molecule has 0 saturated carbocycles. The van der Waals surface area contributed by atoms with Gasteiger partial charge in [-0.15, -0.1) is 0 Å². The topological polar surface area (TPSA) is 115 Å². The Balaban J connectivity index is 0.000000315. The summed E-state index contributed by atoms with van der Waals surface area (Å²) in [5.74, 6) is -1.73. The highest BCUT2D eigenvalue weighted by Gasteiger charge is 2.16. The second kappa shape index (κ2) is 7.58. The zero-order valence-electron chi connectivity index (χ0n) is 11.5. The van der Waals surface area contributed by atoms with Crippen LogP contribution in [0, 0.1) is 6.92 Å². The minimum absolute atomic E-state index is 0.893. The van der Waals surface area contributed by atoms with E-state index in [0.717, 1.165) is 34.8 Å². The van der Waals surface area contributed by atoms with Gasteiger partial charge in [-0.2, -0.15) is 5.10 Å². The molecule has 8 nitrogen and oxygen atoms in total. The van der Waals surface area contributed by atoms with Crippen LogP contribution < -0.4 is 10.3 Å². The van der Waals surface area contributed by atoms with Crippen LogP contribution in [0.3, 0.4) is 0 Å². The van der Waals surface area contributed by atoms with Gasteiger partial charge in [0.05, 0.1) is 12.2 Å². The molecule has 0 atom stereocenters. The number of hydrazone groups is 1. The SMILES string of the molecule is CNC1=NN(c2ccc(Br)c(C)n2)CC1.O=C(O)C(=O)O. The van der Waals surface area contributed by atoms with E-state index in [1.807, 2.05) is 31.1 Å². The highest BCUT2D eigenvalue weighted by molar-refractivity contribution is 9.10. The molecule has 2 rings (SSSR count). The number of nitrogens with one attached hydrogen (secondary N) is 1. The quantitative estimate of drug-likeness (QED) is 0.642. The van der Waals surface area contributed by atoms with Crippen molar-refractivity contribution in [2.24, 2.45) is 5.10 Å². The molecule has 0 amide bonds. The minimum Gasteiger partial charge on any atom is -0.473 e. The summed E-state index contributed by atoms with van der Waals surface area (Å²) in [4.78, 5) is 22.7.